The molecule has 1 fully saturated rings. The molecule has 0 aromatic heterocycles. The lowest BCUT2D eigenvalue weighted by Gasteiger charge is -2.18. The fourth-order valence-corrected chi connectivity index (χ4v) is 2.38. The Hall–Kier alpha value is -1.55. The molecule has 4 nitrogen and oxygen atoms in total. The van der Waals surface area contributed by atoms with Crippen molar-refractivity contribution in [2.45, 2.75) is 38.2 Å². The van der Waals surface area contributed by atoms with Crippen LogP contribution in [0, 0.1) is 0 Å². The first kappa shape index (κ1) is 13.9. The van der Waals surface area contributed by atoms with Crippen LogP contribution < -0.4 is 15.4 Å². The molecule has 4 heteroatoms. The lowest BCUT2D eigenvalue weighted by molar-refractivity contribution is -0.118. The van der Waals surface area contributed by atoms with Crippen LogP contribution >= 0.6 is 0 Å². The highest BCUT2D eigenvalue weighted by atomic mass is 16.5. The maximum Gasteiger partial charge on any atom is 0.227 e. The van der Waals surface area contributed by atoms with E-state index in [0.29, 0.717) is 19.1 Å². The van der Waals surface area contributed by atoms with Gasteiger partial charge in [0.1, 0.15) is 5.75 Å². The summed E-state index contributed by atoms with van der Waals surface area (Å²) >= 11 is 0. The molecule has 1 aliphatic rings. The highest BCUT2D eigenvalue weighted by molar-refractivity contribution is 5.92. The second kappa shape index (κ2) is 6.57. The Bertz CT molecular complexity index is 411. The van der Waals surface area contributed by atoms with Gasteiger partial charge in [0.25, 0.3) is 0 Å². The van der Waals surface area contributed by atoms with Crippen LogP contribution in [-0.4, -0.2) is 25.6 Å². The van der Waals surface area contributed by atoms with Crippen molar-refractivity contribution in [2.24, 2.45) is 5.73 Å². The van der Waals surface area contributed by atoms with Crippen molar-refractivity contribution < 1.29 is 9.53 Å². The molecule has 0 aliphatic heterocycles. The number of hydrogen-bond donors (Lipinski definition) is 1. The van der Waals surface area contributed by atoms with Gasteiger partial charge in [-0.25, -0.2) is 0 Å². The molecular weight excluding hydrogens is 240 g/mol. The summed E-state index contributed by atoms with van der Waals surface area (Å²) in [6, 6.07) is 7.69. The molecule has 19 heavy (non-hydrogen) atoms. The van der Waals surface area contributed by atoms with E-state index in [1.807, 2.05) is 24.3 Å². The summed E-state index contributed by atoms with van der Waals surface area (Å²) in [4.78, 5) is 13.4. The summed E-state index contributed by atoms with van der Waals surface area (Å²) in [5, 5.41) is 0. The highest BCUT2D eigenvalue weighted by Gasteiger charge is 2.16. The zero-order chi connectivity index (χ0) is 13.7. The Kier molecular flexibility index (Phi) is 4.80. The first-order valence-corrected chi connectivity index (χ1v) is 6.94. The number of rotatable bonds is 5. The summed E-state index contributed by atoms with van der Waals surface area (Å²) in [5.41, 5.74) is 6.27. The Balaban J connectivity index is 1.95. The van der Waals surface area contributed by atoms with E-state index in [-0.39, 0.29) is 5.91 Å². The van der Waals surface area contributed by atoms with Crippen LogP contribution in [0.5, 0.6) is 5.75 Å². The largest absolute Gasteiger partial charge is 0.490 e. The van der Waals surface area contributed by atoms with E-state index in [1.54, 1.807) is 11.9 Å². The number of benzene rings is 1. The number of hydrogen-bond acceptors (Lipinski definition) is 3. The summed E-state index contributed by atoms with van der Waals surface area (Å²) in [7, 11) is 1.77. The fraction of sp³-hybridized carbons (Fsp3) is 0.533. The number of ether oxygens (including phenoxy) is 1. The molecule has 2 rings (SSSR count). The van der Waals surface area contributed by atoms with Crippen molar-refractivity contribution in [3.63, 3.8) is 0 Å². The van der Waals surface area contributed by atoms with E-state index in [9.17, 15) is 4.79 Å². The van der Waals surface area contributed by atoms with Crippen LogP contribution in [0.25, 0.3) is 0 Å². The maximum atomic E-state index is 11.7. The van der Waals surface area contributed by atoms with Gasteiger partial charge in [-0.15, -0.1) is 0 Å². The minimum atomic E-state index is 0.0342. The van der Waals surface area contributed by atoms with Gasteiger partial charge in [0, 0.05) is 25.7 Å². The maximum absolute atomic E-state index is 11.7. The summed E-state index contributed by atoms with van der Waals surface area (Å²) in [6.45, 7) is 0.381. The van der Waals surface area contributed by atoms with Crippen LogP contribution in [-0.2, 0) is 4.79 Å². The molecule has 2 N–H and O–H groups in total. The monoisotopic (exact) mass is 262 g/mol. The molecule has 0 heterocycles. The molecule has 0 unspecified atom stereocenters. The SMILES string of the molecule is CN(C(=O)CCN)c1ccc(OC2CCCC2)cc1. The van der Waals surface area contributed by atoms with E-state index in [1.165, 1.54) is 12.8 Å². The van der Waals surface area contributed by atoms with E-state index >= 15 is 0 Å². The third kappa shape index (κ3) is 3.70. The van der Waals surface area contributed by atoms with Gasteiger partial charge >= 0.3 is 0 Å². The summed E-state index contributed by atoms with van der Waals surface area (Å²) in [6.07, 6.45) is 5.56. The molecule has 0 bridgehead atoms. The number of carbonyl (C=O) groups is 1. The third-order valence-electron chi connectivity index (χ3n) is 3.56. The first-order chi connectivity index (χ1) is 9.20. The second-order valence-electron chi connectivity index (χ2n) is 5.01. The molecule has 0 radical (unpaired) electrons. The van der Waals surface area contributed by atoms with Crippen LogP contribution in [0.2, 0.25) is 0 Å². The zero-order valence-electron chi connectivity index (χ0n) is 11.5. The molecule has 0 saturated heterocycles. The second-order valence-corrected chi connectivity index (χ2v) is 5.01. The Morgan fingerprint density at radius 2 is 1.95 bits per heavy atom. The lowest BCUT2D eigenvalue weighted by Crippen LogP contribution is -2.28. The molecule has 1 saturated carbocycles. The van der Waals surface area contributed by atoms with Gasteiger partial charge < -0.3 is 15.4 Å². The van der Waals surface area contributed by atoms with Crippen molar-refractivity contribution >= 4 is 11.6 Å². The van der Waals surface area contributed by atoms with E-state index in [2.05, 4.69) is 0 Å². The molecule has 104 valence electrons. The van der Waals surface area contributed by atoms with Crippen LogP contribution in [0.15, 0.2) is 24.3 Å². The topological polar surface area (TPSA) is 55.6 Å². The molecular formula is C15H22N2O2. The van der Waals surface area contributed by atoms with Gasteiger partial charge in [0.05, 0.1) is 6.10 Å². The van der Waals surface area contributed by atoms with Crippen LogP contribution in [0.1, 0.15) is 32.1 Å². The number of amides is 1. The number of nitrogens with two attached hydrogens (primary N) is 1. The van der Waals surface area contributed by atoms with Gasteiger partial charge in [-0.2, -0.15) is 0 Å². The van der Waals surface area contributed by atoms with Gasteiger partial charge in [-0.3, -0.25) is 4.79 Å². The van der Waals surface area contributed by atoms with Crippen molar-refractivity contribution in [1.29, 1.82) is 0 Å². The molecule has 1 aliphatic carbocycles. The Labute approximate surface area is 114 Å². The Morgan fingerprint density at radius 3 is 2.53 bits per heavy atom. The number of carbonyl (C=O) groups excluding carboxylic acids is 1. The molecule has 0 atom stereocenters. The average Bonchev–Trinajstić information content (AvgIpc) is 2.92. The molecule has 0 spiro atoms. The van der Waals surface area contributed by atoms with Crippen molar-refractivity contribution in [2.75, 3.05) is 18.5 Å². The Morgan fingerprint density at radius 1 is 1.32 bits per heavy atom. The summed E-state index contributed by atoms with van der Waals surface area (Å²) < 4.78 is 5.89. The first-order valence-electron chi connectivity index (χ1n) is 6.94. The van der Waals surface area contributed by atoms with E-state index in [4.69, 9.17) is 10.5 Å². The van der Waals surface area contributed by atoms with Crippen molar-refractivity contribution in [3.05, 3.63) is 24.3 Å². The molecule has 1 amide bonds. The van der Waals surface area contributed by atoms with Crippen molar-refractivity contribution in [3.8, 4) is 5.75 Å². The highest BCUT2D eigenvalue weighted by Crippen LogP contribution is 2.25. The lowest BCUT2D eigenvalue weighted by atomic mass is 10.2. The van der Waals surface area contributed by atoms with Gasteiger partial charge in [-0.1, -0.05) is 0 Å². The van der Waals surface area contributed by atoms with Crippen LogP contribution in [0.3, 0.4) is 0 Å². The minimum absolute atomic E-state index is 0.0342. The van der Waals surface area contributed by atoms with E-state index in [0.717, 1.165) is 24.3 Å². The third-order valence-corrected chi connectivity index (χ3v) is 3.56. The standard InChI is InChI=1S/C15H22N2O2/c1-17(15(18)10-11-16)12-6-8-14(9-7-12)19-13-4-2-3-5-13/h6-9,13H,2-5,10-11,16H2,1H3. The quantitative estimate of drug-likeness (QED) is 0.886. The van der Waals surface area contributed by atoms with E-state index < -0.39 is 0 Å². The number of nitrogens with zero attached hydrogens (tertiary/aromatic N) is 1. The van der Waals surface area contributed by atoms with Gasteiger partial charge in [-0.05, 0) is 49.9 Å². The normalized spacial score (nSPS) is 15.5. The molecule has 1 aromatic rings. The summed E-state index contributed by atoms with van der Waals surface area (Å²) in [5.74, 6) is 0.919. The smallest absolute Gasteiger partial charge is 0.227 e. The van der Waals surface area contributed by atoms with Crippen LogP contribution in [0.4, 0.5) is 5.69 Å². The minimum Gasteiger partial charge on any atom is -0.490 e. The van der Waals surface area contributed by atoms with Crippen molar-refractivity contribution in [1.82, 2.24) is 0 Å². The fourth-order valence-electron chi connectivity index (χ4n) is 2.38. The zero-order valence-corrected chi connectivity index (χ0v) is 11.5. The average molecular weight is 262 g/mol. The van der Waals surface area contributed by atoms with Gasteiger partial charge in [0.15, 0.2) is 0 Å². The van der Waals surface area contributed by atoms with Gasteiger partial charge in [0.2, 0.25) is 5.91 Å². The number of anilines is 1. The predicted molar refractivity (Wildman–Crippen MR) is 76.4 cm³/mol. The molecule has 1 aromatic carbocycles. The predicted octanol–water partition coefficient (Wildman–Crippen LogP) is 2.32.